The van der Waals surface area contributed by atoms with Gasteiger partial charge in [-0.3, -0.25) is 0 Å². The molecule has 0 saturated carbocycles. The fourth-order valence-corrected chi connectivity index (χ4v) is 2.44. The van der Waals surface area contributed by atoms with Crippen molar-refractivity contribution in [2.75, 3.05) is 7.11 Å². The van der Waals surface area contributed by atoms with Gasteiger partial charge in [0.15, 0.2) is 0 Å². The van der Waals surface area contributed by atoms with Crippen LogP contribution in [0.3, 0.4) is 0 Å². The minimum atomic E-state index is 0.365. The average molecular weight is 269 g/mol. The van der Waals surface area contributed by atoms with Gasteiger partial charge in [-0.15, -0.1) is 0 Å². The van der Waals surface area contributed by atoms with Crippen molar-refractivity contribution in [2.24, 2.45) is 0 Å². The molecule has 0 bridgehead atoms. The van der Waals surface area contributed by atoms with E-state index in [1.54, 1.807) is 7.11 Å². The molecule has 106 valence electrons. The molecule has 2 rings (SSSR count). The summed E-state index contributed by atoms with van der Waals surface area (Å²) < 4.78 is 5.18. The average Bonchev–Trinajstić information content (AvgIpc) is 2.49. The van der Waals surface area contributed by atoms with E-state index in [-0.39, 0.29) is 0 Å². The largest absolute Gasteiger partial charge is 0.497 e. The van der Waals surface area contributed by atoms with Gasteiger partial charge >= 0.3 is 0 Å². The molecule has 0 saturated heterocycles. The lowest BCUT2D eigenvalue weighted by Gasteiger charge is -2.20. The summed E-state index contributed by atoms with van der Waals surface area (Å²) in [5.41, 5.74) is 2.65. The number of rotatable bonds is 6. The first-order valence-electron chi connectivity index (χ1n) is 7.13. The summed E-state index contributed by atoms with van der Waals surface area (Å²) in [6.07, 6.45) is 1.02. The molecular formula is C18H23NO. The molecule has 2 aromatic carbocycles. The fraction of sp³-hybridized carbons (Fsp3) is 0.333. The molecule has 0 aliphatic rings. The van der Waals surface area contributed by atoms with Crippen LogP contribution in [0.15, 0.2) is 54.6 Å². The Labute approximate surface area is 121 Å². The van der Waals surface area contributed by atoms with Crippen LogP contribution in [0.1, 0.15) is 31.0 Å². The Hall–Kier alpha value is -1.80. The van der Waals surface area contributed by atoms with Gasteiger partial charge in [0.1, 0.15) is 5.75 Å². The van der Waals surface area contributed by atoms with E-state index in [0.29, 0.717) is 12.1 Å². The van der Waals surface area contributed by atoms with E-state index in [1.165, 1.54) is 11.1 Å². The minimum absolute atomic E-state index is 0.365. The second-order valence-corrected chi connectivity index (χ2v) is 5.25. The Morgan fingerprint density at radius 3 is 2.20 bits per heavy atom. The van der Waals surface area contributed by atoms with Gasteiger partial charge in [-0.25, -0.2) is 0 Å². The predicted octanol–water partition coefficient (Wildman–Crippen LogP) is 3.98. The molecule has 0 radical (unpaired) electrons. The summed E-state index contributed by atoms with van der Waals surface area (Å²) in [4.78, 5) is 0. The zero-order valence-corrected chi connectivity index (χ0v) is 12.5. The monoisotopic (exact) mass is 269 g/mol. The maximum Gasteiger partial charge on any atom is 0.118 e. The van der Waals surface area contributed by atoms with Gasteiger partial charge in [-0.05, 0) is 43.5 Å². The molecule has 2 aromatic rings. The highest BCUT2D eigenvalue weighted by molar-refractivity contribution is 5.27. The summed E-state index contributed by atoms with van der Waals surface area (Å²) in [6, 6.07) is 19.6. The lowest BCUT2D eigenvalue weighted by Crippen LogP contribution is -2.30. The number of nitrogens with one attached hydrogen (secondary N) is 1. The van der Waals surface area contributed by atoms with E-state index in [4.69, 9.17) is 4.74 Å². The van der Waals surface area contributed by atoms with Gasteiger partial charge in [-0.2, -0.15) is 0 Å². The maximum absolute atomic E-state index is 5.18. The lowest BCUT2D eigenvalue weighted by atomic mass is 10.0. The van der Waals surface area contributed by atoms with E-state index in [2.05, 4.69) is 61.6 Å². The molecule has 0 aliphatic heterocycles. The van der Waals surface area contributed by atoms with Crippen LogP contribution in [0.4, 0.5) is 0 Å². The van der Waals surface area contributed by atoms with Crippen LogP contribution < -0.4 is 10.1 Å². The second-order valence-electron chi connectivity index (χ2n) is 5.25. The highest BCUT2D eigenvalue weighted by Gasteiger charge is 2.09. The van der Waals surface area contributed by atoms with Crippen molar-refractivity contribution in [1.29, 1.82) is 0 Å². The third kappa shape index (κ3) is 4.10. The zero-order valence-electron chi connectivity index (χ0n) is 12.5. The van der Waals surface area contributed by atoms with Crippen LogP contribution in [0, 0.1) is 0 Å². The molecule has 20 heavy (non-hydrogen) atoms. The summed E-state index contributed by atoms with van der Waals surface area (Å²) in [5.74, 6) is 0.909. The van der Waals surface area contributed by atoms with Gasteiger partial charge in [0.2, 0.25) is 0 Å². The number of methoxy groups -OCH3 is 1. The van der Waals surface area contributed by atoms with Gasteiger partial charge in [0.05, 0.1) is 7.11 Å². The molecule has 0 aliphatic carbocycles. The first-order chi connectivity index (χ1) is 9.69. The van der Waals surface area contributed by atoms with Gasteiger partial charge in [0, 0.05) is 12.1 Å². The molecule has 2 heteroatoms. The predicted molar refractivity (Wildman–Crippen MR) is 84.2 cm³/mol. The molecule has 2 atom stereocenters. The minimum Gasteiger partial charge on any atom is -0.497 e. The van der Waals surface area contributed by atoms with Crippen LogP contribution >= 0.6 is 0 Å². The number of ether oxygens (including phenoxy) is 1. The number of benzene rings is 2. The van der Waals surface area contributed by atoms with Crippen molar-refractivity contribution in [3.05, 3.63) is 65.7 Å². The first kappa shape index (κ1) is 14.6. The quantitative estimate of drug-likeness (QED) is 0.856. The third-order valence-electron chi connectivity index (χ3n) is 3.54. The first-order valence-corrected chi connectivity index (χ1v) is 7.13. The molecule has 0 amide bonds. The van der Waals surface area contributed by atoms with E-state index in [0.717, 1.165) is 12.2 Å². The van der Waals surface area contributed by atoms with Crippen LogP contribution in [0.2, 0.25) is 0 Å². The molecule has 0 heterocycles. The molecule has 2 nitrogen and oxygen atoms in total. The number of hydrogen-bond donors (Lipinski definition) is 1. The van der Waals surface area contributed by atoms with E-state index >= 15 is 0 Å². The van der Waals surface area contributed by atoms with Gasteiger partial charge in [-0.1, -0.05) is 42.5 Å². The Morgan fingerprint density at radius 1 is 0.950 bits per heavy atom. The topological polar surface area (TPSA) is 21.3 Å². The van der Waals surface area contributed by atoms with Crippen molar-refractivity contribution < 1.29 is 4.74 Å². The molecule has 0 spiro atoms. The fourth-order valence-electron chi connectivity index (χ4n) is 2.44. The highest BCUT2D eigenvalue weighted by Crippen LogP contribution is 2.15. The van der Waals surface area contributed by atoms with Crippen molar-refractivity contribution in [3.8, 4) is 5.75 Å². The highest BCUT2D eigenvalue weighted by atomic mass is 16.5. The smallest absolute Gasteiger partial charge is 0.118 e. The molecule has 1 unspecified atom stereocenters. The van der Waals surface area contributed by atoms with E-state index < -0.39 is 0 Å². The lowest BCUT2D eigenvalue weighted by molar-refractivity contribution is 0.414. The SMILES string of the molecule is COc1ccc(CC(C)N[C@@H](C)c2ccccc2)cc1. The van der Waals surface area contributed by atoms with Gasteiger partial charge in [0.25, 0.3) is 0 Å². The molecule has 0 fully saturated rings. The summed E-state index contributed by atoms with van der Waals surface area (Å²) in [5, 5.41) is 3.64. The Balaban J connectivity index is 1.90. The van der Waals surface area contributed by atoms with Crippen LogP contribution in [0.5, 0.6) is 5.75 Å². The third-order valence-corrected chi connectivity index (χ3v) is 3.54. The molecule has 1 N–H and O–H groups in total. The zero-order chi connectivity index (χ0) is 14.4. The Kier molecular flexibility index (Phi) is 5.19. The molecule has 0 aromatic heterocycles. The summed E-state index contributed by atoms with van der Waals surface area (Å²) in [6.45, 7) is 4.43. The normalized spacial score (nSPS) is 13.8. The van der Waals surface area contributed by atoms with Crippen LogP contribution in [0.25, 0.3) is 0 Å². The van der Waals surface area contributed by atoms with Crippen molar-refractivity contribution >= 4 is 0 Å². The van der Waals surface area contributed by atoms with Crippen molar-refractivity contribution in [2.45, 2.75) is 32.4 Å². The van der Waals surface area contributed by atoms with E-state index in [9.17, 15) is 0 Å². The van der Waals surface area contributed by atoms with Crippen molar-refractivity contribution in [1.82, 2.24) is 5.32 Å². The standard InChI is InChI=1S/C18H23NO/c1-14(13-16-9-11-18(20-3)12-10-16)19-15(2)17-7-5-4-6-8-17/h4-12,14-15,19H,13H2,1-3H3/t14?,15-/m0/s1. The Morgan fingerprint density at radius 2 is 1.60 bits per heavy atom. The molecular weight excluding hydrogens is 246 g/mol. The van der Waals surface area contributed by atoms with E-state index in [1.807, 2.05) is 12.1 Å². The van der Waals surface area contributed by atoms with Crippen LogP contribution in [-0.2, 0) is 6.42 Å². The van der Waals surface area contributed by atoms with Gasteiger partial charge < -0.3 is 10.1 Å². The van der Waals surface area contributed by atoms with Crippen molar-refractivity contribution in [3.63, 3.8) is 0 Å². The summed E-state index contributed by atoms with van der Waals surface area (Å²) >= 11 is 0. The second kappa shape index (κ2) is 7.11. The van der Waals surface area contributed by atoms with Crippen LogP contribution in [-0.4, -0.2) is 13.2 Å². The summed E-state index contributed by atoms with van der Waals surface area (Å²) in [7, 11) is 1.70. The maximum atomic E-state index is 5.18. The Bertz CT molecular complexity index is 507. The number of hydrogen-bond acceptors (Lipinski definition) is 2.